The van der Waals surface area contributed by atoms with Crippen LogP contribution in [0.1, 0.15) is 29.8 Å². The van der Waals surface area contributed by atoms with Gasteiger partial charge in [-0.05, 0) is 31.6 Å². The summed E-state index contributed by atoms with van der Waals surface area (Å²) >= 11 is 0. The monoisotopic (exact) mass is 286 g/mol. The number of para-hydroxylation sites is 1. The quantitative estimate of drug-likeness (QED) is 0.843. The summed E-state index contributed by atoms with van der Waals surface area (Å²) in [7, 11) is 0. The summed E-state index contributed by atoms with van der Waals surface area (Å²) < 4.78 is 0. The van der Waals surface area contributed by atoms with Crippen molar-refractivity contribution in [3.05, 3.63) is 29.3 Å². The average molecular weight is 287 g/mol. The van der Waals surface area contributed by atoms with Crippen LogP contribution in [-0.4, -0.2) is 42.1 Å². The molecule has 0 radical (unpaired) electrons. The number of hydrogen-bond donors (Lipinski definition) is 2. The number of benzene rings is 1. The third-order valence-electron chi connectivity index (χ3n) is 3.09. The summed E-state index contributed by atoms with van der Waals surface area (Å²) in [5.41, 5.74) is 1.06. The van der Waals surface area contributed by atoms with Crippen LogP contribution in [-0.2, 0) is 0 Å². The molecule has 1 aromatic carbocycles. The molecular weight excluding hydrogens is 264 g/mol. The number of phenols is 1. The molecule has 0 unspecified atom stereocenters. The van der Waals surface area contributed by atoms with E-state index in [1.807, 2.05) is 0 Å². The maximum absolute atomic E-state index is 11.9. The van der Waals surface area contributed by atoms with Crippen molar-refractivity contribution in [3.63, 3.8) is 0 Å². The molecule has 0 aliphatic carbocycles. The van der Waals surface area contributed by atoms with E-state index < -0.39 is 0 Å². The molecule has 0 fully saturated rings. The lowest BCUT2D eigenvalue weighted by Gasteiger charge is -2.18. The van der Waals surface area contributed by atoms with E-state index in [0.29, 0.717) is 17.7 Å². The molecule has 1 rings (SSSR count). The van der Waals surface area contributed by atoms with Gasteiger partial charge in [0.15, 0.2) is 0 Å². The number of amides is 1. The van der Waals surface area contributed by atoms with Gasteiger partial charge in [0, 0.05) is 13.1 Å². The zero-order chi connectivity index (χ0) is 13.5. The summed E-state index contributed by atoms with van der Waals surface area (Å²) in [6.07, 6.45) is 0. The number of aromatic hydroxyl groups is 1. The van der Waals surface area contributed by atoms with E-state index in [0.717, 1.165) is 19.6 Å². The first kappa shape index (κ1) is 17.7. The summed E-state index contributed by atoms with van der Waals surface area (Å²) in [5.74, 6) is -0.152. The van der Waals surface area contributed by atoms with Gasteiger partial charge in [-0.25, -0.2) is 0 Å². The molecule has 19 heavy (non-hydrogen) atoms. The van der Waals surface area contributed by atoms with Crippen LogP contribution < -0.4 is 5.32 Å². The molecule has 0 aromatic heterocycles. The minimum Gasteiger partial charge on any atom is -0.507 e. The number of rotatable bonds is 6. The highest BCUT2D eigenvalue weighted by Crippen LogP contribution is 2.20. The largest absolute Gasteiger partial charge is 0.507 e. The maximum Gasteiger partial charge on any atom is 0.255 e. The van der Waals surface area contributed by atoms with Gasteiger partial charge < -0.3 is 15.3 Å². The van der Waals surface area contributed by atoms with Crippen LogP contribution in [0.5, 0.6) is 5.75 Å². The topological polar surface area (TPSA) is 52.6 Å². The number of nitrogens with one attached hydrogen (secondary N) is 1. The average Bonchev–Trinajstić information content (AvgIpc) is 2.37. The minimum atomic E-state index is -0.219. The Labute approximate surface area is 121 Å². The van der Waals surface area contributed by atoms with Crippen molar-refractivity contribution < 1.29 is 9.90 Å². The van der Waals surface area contributed by atoms with E-state index in [4.69, 9.17) is 0 Å². The van der Waals surface area contributed by atoms with Crippen LogP contribution in [0.3, 0.4) is 0 Å². The Kier molecular flexibility index (Phi) is 8.19. The summed E-state index contributed by atoms with van der Waals surface area (Å²) in [6.45, 7) is 9.33. The highest BCUT2D eigenvalue weighted by Gasteiger charge is 2.11. The van der Waals surface area contributed by atoms with Crippen LogP contribution in [0.2, 0.25) is 0 Å². The lowest BCUT2D eigenvalue weighted by molar-refractivity contribution is 0.0946. The number of aryl methyl sites for hydroxylation is 1. The fourth-order valence-electron chi connectivity index (χ4n) is 1.80. The number of likely N-dealkylation sites (N-methyl/N-ethyl adjacent to an activating group) is 1. The summed E-state index contributed by atoms with van der Waals surface area (Å²) in [6, 6.07) is 5.19. The molecule has 0 spiro atoms. The van der Waals surface area contributed by atoms with E-state index in [1.54, 1.807) is 25.1 Å². The van der Waals surface area contributed by atoms with Crippen molar-refractivity contribution in [2.45, 2.75) is 20.8 Å². The molecule has 0 saturated heterocycles. The minimum absolute atomic E-state index is 0. The highest BCUT2D eigenvalue weighted by atomic mass is 35.5. The standard InChI is InChI=1S/C14H22N2O2.ClH/c1-4-16(5-2)10-9-15-14(18)12-8-6-7-11(3)13(12)17;/h6-8,17H,4-5,9-10H2,1-3H3,(H,15,18);1H. The van der Waals surface area contributed by atoms with Crippen molar-refractivity contribution in [3.8, 4) is 5.75 Å². The highest BCUT2D eigenvalue weighted by molar-refractivity contribution is 5.97. The molecule has 0 aliphatic heterocycles. The number of hydrogen-bond acceptors (Lipinski definition) is 3. The number of carbonyl (C=O) groups excluding carboxylic acids is 1. The van der Waals surface area contributed by atoms with E-state index in [2.05, 4.69) is 24.1 Å². The molecule has 2 N–H and O–H groups in total. The van der Waals surface area contributed by atoms with Crippen molar-refractivity contribution in [2.75, 3.05) is 26.2 Å². The third kappa shape index (κ3) is 5.09. The Bertz CT molecular complexity index is 406. The second kappa shape index (κ2) is 8.77. The van der Waals surface area contributed by atoms with Gasteiger partial charge in [-0.3, -0.25) is 4.79 Å². The molecule has 0 bridgehead atoms. The van der Waals surface area contributed by atoms with Gasteiger partial charge in [0.1, 0.15) is 5.75 Å². The predicted octanol–water partition coefficient (Wildman–Crippen LogP) is 2.19. The van der Waals surface area contributed by atoms with E-state index in [1.165, 1.54) is 0 Å². The van der Waals surface area contributed by atoms with Crippen molar-refractivity contribution in [1.82, 2.24) is 10.2 Å². The maximum atomic E-state index is 11.9. The van der Waals surface area contributed by atoms with Gasteiger partial charge in [-0.1, -0.05) is 26.0 Å². The second-order valence-corrected chi connectivity index (χ2v) is 4.25. The molecule has 108 valence electrons. The Morgan fingerprint density at radius 2 is 1.95 bits per heavy atom. The first-order valence-corrected chi connectivity index (χ1v) is 6.39. The molecule has 0 heterocycles. The fraction of sp³-hybridized carbons (Fsp3) is 0.500. The molecule has 0 atom stereocenters. The molecule has 0 saturated carbocycles. The van der Waals surface area contributed by atoms with Gasteiger partial charge in [0.05, 0.1) is 5.56 Å². The fourth-order valence-corrected chi connectivity index (χ4v) is 1.80. The van der Waals surface area contributed by atoms with Gasteiger partial charge in [-0.15, -0.1) is 12.4 Å². The van der Waals surface area contributed by atoms with Crippen molar-refractivity contribution in [2.24, 2.45) is 0 Å². The van der Waals surface area contributed by atoms with E-state index >= 15 is 0 Å². The molecule has 1 aromatic rings. The van der Waals surface area contributed by atoms with Crippen LogP contribution in [0.15, 0.2) is 18.2 Å². The number of carbonyl (C=O) groups is 1. The van der Waals surface area contributed by atoms with Crippen LogP contribution in [0.4, 0.5) is 0 Å². The predicted molar refractivity (Wildman–Crippen MR) is 80.2 cm³/mol. The van der Waals surface area contributed by atoms with E-state index in [-0.39, 0.29) is 24.1 Å². The van der Waals surface area contributed by atoms with Gasteiger partial charge in [0.25, 0.3) is 5.91 Å². The zero-order valence-electron chi connectivity index (χ0n) is 11.8. The van der Waals surface area contributed by atoms with E-state index in [9.17, 15) is 9.90 Å². The molecule has 5 heteroatoms. The number of nitrogens with zero attached hydrogens (tertiary/aromatic N) is 1. The Morgan fingerprint density at radius 3 is 2.53 bits per heavy atom. The Hall–Kier alpha value is -1.26. The Morgan fingerprint density at radius 1 is 1.32 bits per heavy atom. The lowest BCUT2D eigenvalue weighted by Crippen LogP contribution is -2.34. The summed E-state index contributed by atoms with van der Waals surface area (Å²) in [4.78, 5) is 14.1. The summed E-state index contributed by atoms with van der Waals surface area (Å²) in [5, 5.41) is 12.6. The zero-order valence-corrected chi connectivity index (χ0v) is 12.6. The lowest BCUT2D eigenvalue weighted by atomic mass is 10.1. The smallest absolute Gasteiger partial charge is 0.255 e. The molecule has 0 aliphatic rings. The molecule has 1 amide bonds. The van der Waals surface area contributed by atoms with Gasteiger partial charge >= 0.3 is 0 Å². The van der Waals surface area contributed by atoms with Crippen LogP contribution in [0.25, 0.3) is 0 Å². The first-order chi connectivity index (χ1) is 8.60. The van der Waals surface area contributed by atoms with Crippen LogP contribution >= 0.6 is 12.4 Å². The number of phenolic OH excluding ortho intramolecular Hbond substituents is 1. The molecular formula is C14H23ClN2O2. The van der Waals surface area contributed by atoms with Crippen molar-refractivity contribution in [1.29, 1.82) is 0 Å². The molecule has 4 nitrogen and oxygen atoms in total. The third-order valence-corrected chi connectivity index (χ3v) is 3.09. The van der Waals surface area contributed by atoms with Crippen LogP contribution in [0, 0.1) is 6.92 Å². The Balaban J connectivity index is 0.00000324. The normalized spacial score (nSPS) is 10.1. The SMILES string of the molecule is CCN(CC)CCNC(=O)c1cccc(C)c1O.Cl. The number of halogens is 1. The van der Waals surface area contributed by atoms with Gasteiger partial charge in [-0.2, -0.15) is 0 Å². The van der Waals surface area contributed by atoms with Gasteiger partial charge in [0.2, 0.25) is 0 Å². The second-order valence-electron chi connectivity index (χ2n) is 4.25. The first-order valence-electron chi connectivity index (χ1n) is 6.39. The van der Waals surface area contributed by atoms with Crippen molar-refractivity contribution >= 4 is 18.3 Å².